The summed E-state index contributed by atoms with van der Waals surface area (Å²) < 4.78 is 5.86. The number of hydrogen-bond acceptors (Lipinski definition) is 2. The number of furan rings is 1. The van der Waals surface area contributed by atoms with Crippen LogP contribution >= 0.6 is 11.6 Å². The maximum Gasteiger partial charge on any atom is 0.134 e. The second kappa shape index (κ2) is 6.06. The zero-order chi connectivity index (χ0) is 14.7. The third kappa shape index (κ3) is 3.47. The molecule has 1 aromatic heterocycles. The van der Waals surface area contributed by atoms with Crippen molar-refractivity contribution in [2.45, 2.75) is 13.5 Å². The Hall–Kier alpha value is -2.19. The van der Waals surface area contributed by atoms with Crippen molar-refractivity contribution in [3.8, 4) is 11.3 Å². The molecule has 0 amide bonds. The van der Waals surface area contributed by atoms with Crippen LogP contribution in [-0.4, -0.2) is 0 Å². The summed E-state index contributed by atoms with van der Waals surface area (Å²) in [5.41, 5.74) is 3.36. The summed E-state index contributed by atoms with van der Waals surface area (Å²) in [5.74, 6) is 1.76. The van der Waals surface area contributed by atoms with Crippen molar-refractivity contribution in [2.24, 2.45) is 0 Å². The third-order valence-corrected chi connectivity index (χ3v) is 3.53. The van der Waals surface area contributed by atoms with Crippen LogP contribution in [0, 0.1) is 6.92 Å². The lowest BCUT2D eigenvalue weighted by Crippen LogP contribution is -1.97. The predicted octanol–water partition coefficient (Wildman–Crippen LogP) is 5.52. The molecule has 1 heterocycles. The highest BCUT2D eigenvalue weighted by atomic mass is 35.5. The molecule has 21 heavy (non-hydrogen) atoms. The molecule has 0 radical (unpaired) electrons. The number of aryl methyl sites for hydroxylation is 1. The average molecular weight is 298 g/mol. The monoisotopic (exact) mass is 297 g/mol. The Labute approximate surface area is 129 Å². The topological polar surface area (TPSA) is 25.2 Å². The molecule has 1 N–H and O–H groups in total. The molecule has 0 fully saturated rings. The molecule has 3 rings (SSSR count). The van der Waals surface area contributed by atoms with Crippen LogP contribution in [0.3, 0.4) is 0 Å². The second-order valence-corrected chi connectivity index (χ2v) is 5.43. The highest BCUT2D eigenvalue weighted by Crippen LogP contribution is 2.24. The fraction of sp³-hybridized carbons (Fsp3) is 0.111. The van der Waals surface area contributed by atoms with E-state index < -0.39 is 0 Å². The first kappa shape index (κ1) is 13.8. The summed E-state index contributed by atoms with van der Waals surface area (Å²) in [6.07, 6.45) is 0. The van der Waals surface area contributed by atoms with E-state index in [1.54, 1.807) is 0 Å². The molecule has 0 saturated heterocycles. The van der Waals surface area contributed by atoms with Gasteiger partial charge in [0, 0.05) is 16.3 Å². The quantitative estimate of drug-likeness (QED) is 0.686. The van der Waals surface area contributed by atoms with Gasteiger partial charge in [-0.1, -0.05) is 23.7 Å². The molecule has 3 heteroatoms. The lowest BCUT2D eigenvalue weighted by molar-refractivity contribution is 0.531. The molecule has 0 saturated carbocycles. The van der Waals surface area contributed by atoms with Gasteiger partial charge in [0.15, 0.2) is 0 Å². The van der Waals surface area contributed by atoms with E-state index in [2.05, 4.69) is 30.4 Å². The Balaban J connectivity index is 1.69. The summed E-state index contributed by atoms with van der Waals surface area (Å²) in [4.78, 5) is 0. The van der Waals surface area contributed by atoms with E-state index >= 15 is 0 Å². The van der Waals surface area contributed by atoms with Crippen molar-refractivity contribution < 1.29 is 4.42 Å². The standard InChI is InChI=1S/C18H16ClNO/c1-13-3-2-4-16(11-13)20-12-17-9-10-18(21-17)14-5-7-15(19)8-6-14/h2-11,20H,12H2,1H3. The summed E-state index contributed by atoms with van der Waals surface area (Å²) in [5, 5.41) is 4.09. The van der Waals surface area contributed by atoms with Crippen LogP contribution in [0.1, 0.15) is 11.3 Å². The van der Waals surface area contributed by atoms with Crippen molar-refractivity contribution in [2.75, 3.05) is 5.32 Å². The van der Waals surface area contributed by atoms with Crippen LogP contribution in [0.5, 0.6) is 0 Å². The Morgan fingerprint density at radius 3 is 2.57 bits per heavy atom. The van der Waals surface area contributed by atoms with E-state index in [0.29, 0.717) is 6.54 Å². The first-order valence-electron chi connectivity index (χ1n) is 6.86. The largest absolute Gasteiger partial charge is 0.459 e. The molecule has 0 aliphatic heterocycles. The van der Waals surface area contributed by atoms with Gasteiger partial charge in [-0.05, 0) is 61.0 Å². The van der Waals surface area contributed by atoms with E-state index in [1.165, 1.54) is 5.56 Å². The zero-order valence-electron chi connectivity index (χ0n) is 11.8. The van der Waals surface area contributed by atoms with Crippen molar-refractivity contribution in [3.63, 3.8) is 0 Å². The van der Waals surface area contributed by atoms with E-state index in [9.17, 15) is 0 Å². The molecule has 2 nitrogen and oxygen atoms in total. The van der Waals surface area contributed by atoms with Gasteiger partial charge >= 0.3 is 0 Å². The smallest absolute Gasteiger partial charge is 0.134 e. The number of rotatable bonds is 4. The van der Waals surface area contributed by atoms with Crippen LogP contribution in [0.15, 0.2) is 65.1 Å². The fourth-order valence-corrected chi connectivity index (χ4v) is 2.31. The number of anilines is 1. The predicted molar refractivity (Wildman–Crippen MR) is 87.7 cm³/mol. The molecular weight excluding hydrogens is 282 g/mol. The van der Waals surface area contributed by atoms with Gasteiger partial charge in [0.1, 0.15) is 11.5 Å². The maximum absolute atomic E-state index is 5.89. The van der Waals surface area contributed by atoms with Crippen LogP contribution < -0.4 is 5.32 Å². The van der Waals surface area contributed by atoms with Crippen LogP contribution in [-0.2, 0) is 6.54 Å². The molecule has 0 spiro atoms. The maximum atomic E-state index is 5.89. The van der Waals surface area contributed by atoms with Gasteiger partial charge < -0.3 is 9.73 Å². The van der Waals surface area contributed by atoms with Crippen molar-refractivity contribution in [1.82, 2.24) is 0 Å². The normalized spacial score (nSPS) is 10.6. The molecule has 0 aliphatic rings. The van der Waals surface area contributed by atoms with E-state index in [4.69, 9.17) is 16.0 Å². The molecule has 0 atom stereocenters. The van der Waals surface area contributed by atoms with Gasteiger partial charge in [-0.15, -0.1) is 0 Å². The minimum absolute atomic E-state index is 0.664. The highest BCUT2D eigenvalue weighted by Gasteiger charge is 2.04. The summed E-state index contributed by atoms with van der Waals surface area (Å²) in [6, 6.07) is 19.9. The van der Waals surface area contributed by atoms with Crippen molar-refractivity contribution in [1.29, 1.82) is 0 Å². The third-order valence-electron chi connectivity index (χ3n) is 3.28. The van der Waals surface area contributed by atoms with Gasteiger partial charge in [-0.2, -0.15) is 0 Å². The van der Waals surface area contributed by atoms with Gasteiger partial charge in [0.05, 0.1) is 6.54 Å². The number of nitrogens with one attached hydrogen (secondary N) is 1. The first-order chi connectivity index (χ1) is 10.2. The van der Waals surface area contributed by atoms with Crippen LogP contribution in [0.2, 0.25) is 5.02 Å². The van der Waals surface area contributed by atoms with Crippen LogP contribution in [0.25, 0.3) is 11.3 Å². The number of benzene rings is 2. The Bertz CT molecular complexity index is 731. The van der Waals surface area contributed by atoms with E-state index in [-0.39, 0.29) is 0 Å². The van der Waals surface area contributed by atoms with Gasteiger partial charge in [-0.25, -0.2) is 0 Å². The van der Waals surface area contributed by atoms with Gasteiger partial charge in [0.2, 0.25) is 0 Å². The average Bonchev–Trinajstić information content (AvgIpc) is 2.95. The van der Waals surface area contributed by atoms with E-state index in [0.717, 1.165) is 27.8 Å². The second-order valence-electron chi connectivity index (χ2n) is 5.00. The van der Waals surface area contributed by atoms with E-state index in [1.807, 2.05) is 42.5 Å². The van der Waals surface area contributed by atoms with Gasteiger partial charge in [0.25, 0.3) is 0 Å². The molecule has 0 unspecified atom stereocenters. The SMILES string of the molecule is Cc1cccc(NCc2ccc(-c3ccc(Cl)cc3)o2)c1. The first-order valence-corrected chi connectivity index (χ1v) is 7.24. The minimum Gasteiger partial charge on any atom is -0.459 e. The molecule has 3 aromatic rings. The molecule has 0 bridgehead atoms. The van der Waals surface area contributed by atoms with Crippen molar-refractivity contribution in [3.05, 3.63) is 77.0 Å². The Morgan fingerprint density at radius 1 is 1.00 bits per heavy atom. The minimum atomic E-state index is 0.664. The Kier molecular flexibility index (Phi) is 3.98. The Morgan fingerprint density at radius 2 is 1.81 bits per heavy atom. The molecule has 106 valence electrons. The molecule has 2 aromatic carbocycles. The molecule has 0 aliphatic carbocycles. The lowest BCUT2D eigenvalue weighted by Gasteiger charge is -2.05. The van der Waals surface area contributed by atoms with Gasteiger partial charge in [-0.3, -0.25) is 0 Å². The summed E-state index contributed by atoms with van der Waals surface area (Å²) in [7, 11) is 0. The summed E-state index contributed by atoms with van der Waals surface area (Å²) >= 11 is 5.89. The van der Waals surface area contributed by atoms with Crippen LogP contribution in [0.4, 0.5) is 5.69 Å². The highest BCUT2D eigenvalue weighted by molar-refractivity contribution is 6.30. The molecular formula is C18H16ClNO. The summed E-state index contributed by atoms with van der Waals surface area (Å²) in [6.45, 7) is 2.74. The fourth-order valence-electron chi connectivity index (χ4n) is 2.19. The zero-order valence-corrected chi connectivity index (χ0v) is 12.5. The lowest BCUT2D eigenvalue weighted by atomic mass is 10.2. The number of hydrogen-bond donors (Lipinski definition) is 1. The van der Waals surface area contributed by atoms with Crippen molar-refractivity contribution >= 4 is 17.3 Å². The number of halogens is 1.